The number of fused-ring (bicyclic) bond motifs is 6. The Morgan fingerprint density at radius 1 is 0.250 bits per heavy atom. The summed E-state index contributed by atoms with van der Waals surface area (Å²) in [5.74, 6) is 0.683. The maximum absolute atomic E-state index is 11.3. The molecule has 0 amide bonds. The highest BCUT2D eigenvalue weighted by atomic mass is 16.3. The highest BCUT2D eigenvalue weighted by Crippen LogP contribution is 2.50. The van der Waals surface area contributed by atoms with Gasteiger partial charge in [-0.25, -0.2) is 0 Å². The van der Waals surface area contributed by atoms with Crippen LogP contribution in [0, 0.1) is 0 Å². The average Bonchev–Trinajstić information content (AvgIpc) is 2.94. The second-order valence-corrected chi connectivity index (χ2v) is 9.93. The fourth-order valence-electron chi connectivity index (χ4n) is 6.87. The van der Waals surface area contributed by atoms with Crippen LogP contribution in [0.1, 0.15) is 0 Å². The molecule has 2 nitrogen and oxygen atoms in total. The molecule has 0 radical (unpaired) electrons. The van der Waals surface area contributed by atoms with E-state index in [1.165, 1.54) is 32.3 Å². The van der Waals surface area contributed by atoms with E-state index >= 15 is 0 Å². The van der Waals surface area contributed by atoms with Crippen molar-refractivity contribution in [2.45, 2.75) is 0 Å². The van der Waals surface area contributed by atoms with Crippen LogP contribution in [0.5, 0.6) is 11.5 Å². The second kappa shape index (κ2) is 6.05. The van der Waals surface area contributed by atoms with Crippen molar-refractivity contribution in [3.05, 3.63) is 97.1 Å². The Morgan fingerprint density at radius 2 is 0.500 bits per heavy atom. The molecule has 0 saturated carbocycles. The molecule has 2 N–H and O–H groups in total. The van der Waals surface area contributed by atoms with E-state index in [0.29, 0.717) is 11.5 Å². The Hall–Kier alpha value is -4.82. The van der Waals surface area contributed by atoms with E-state index in [0.717, 1.165) is 53.9 Å². The molecular formula is C34H18O2. The highest BCUT2D eigenvalue weighted by molar-refractivity contribution is 6.43. The molecule has 9 aromatic carbocycles. The Bertz CT molecular complexity index is 2190. The fraction of sp³-hybridized carbons (Fsp3) is 0. The van der Waals surface area contributed by atoms with Crippen LogP contribution < -0.4 is 0 Å². The first kappa shape index (κ1) is 18.5. The van der Waals surface area contributed by atoms with Crippen molar-refractivity contribution in [1.29, 1.82) is 0 Å². The van der Waals surface area contributed by atoms with E-state index in [2.05, 4.69) is 60.7 Å². The SMILES string of the molecule is Oc1c2ccccc2c2ccc3c4ccc5c6ccccc6c(O)c6ccc(c7ccc1c2c73)c4c65. The van der Waals surface area contributed by atoms with Crippen LogP contribution >= 0.6 is 0 Å². The van der Waals surface area contributed by atoms with Gasteiger partial charge in [0.1, 0.15) is 11.5 Å². The third-order valence-corrected chi connectivity index (χ3v) is 8.36. The molecule has 166 valence electrons. The van der Waals surface area contributed by atoms with Crippen LogP contribution in [0.25, 0.3) is 86.2 Å². The molecule has 0 atom stereocenters. The first-order valence-corrected chi connectivity index (χ1v) is 12.2. The Balaban J connectivity index is 1.61. The predicted octanol–water partition coefficient (Wildman–Crippen LogP) is 9.20. The first-order chi connectivity index (χ1) is 17.7. The zero-order chi connectivity index (χ0) is 23.7. The summed E-state index contributed by atoms with van der Waals surface area (Å²) in [6.07, 6.45) is 0. The standard InChI is InChI=1S/C34H18O2/c35-33-25-7-3-1-5-17(25)19-9-11-21-22-12-10-20-18-6-2-4-8-26(18)34(36)28-16-14-24(30(22)32(20)28)23-13-15-27(33)31(19)29(21)23/h1-16,35-36H. The normalized spacial score (nSPS) is 12.7. The topological polar surface area (TPSA) is 40.5 Å². The number of hydrogen-bond donors (Lipinski definition) is 2. The lowest BCUT2D eigenvalue weighted by molar-refractivity contribution is 0.487. The molecule has 0 aliphatic rings. The largest absolute Gasteiger partial charge is 0.507 e. The Kier molecular flexibility index (Phi) is 3.11. The summed E-state index contributed by atoms with van der Waals surface area (Å²) in [6, 6.07) is 33.5. The summed E-state index contributed by atoms with van der Waals surface area (Å²) in [5, 5.41) is 39.8. The van der Waals surface area contributed by atoms with Crippen LogP contribution in [0.4, 0.5) is 0 Å². The van der Waals surface area contributed by atoms with Crippen LogP contribution in [0.15, 0.2) is 97.1 Å². The van der Waals surface area contributed by atoms with Gasteiger partial charge in [-0.1, -0.05) is 84.9 Å². The quantitative estimate of drug-likeness (QED) is 0.176. The fourth-order valence-corrected chi connectivity index (χ4v) is 6.87. The van der Waals surface area contributed by atoms with Crippen molar-refractivity contribution in [2.24, 2.45) is 0 Å². The maximum Gasteiger partial charge on any atom is 0.131 e. The summed E-state index contributed by atoms with van der Waals surface area (Å²) in [7, 11) is 0. The monoisotopic (exact) mass is 458 g/mol. The lowest BCUT2D eigenvalue weighted by atomic mass is 9.83. The van der Waals surface area contributed by atoms with Crippen molar-refractivity contribution in [1.82, 2.24) is 0 Å². The molecule has 0 heterocycles. The van der Waals surface area contributed by atoms with Gasteiger partial charge in [0.2, 0.25) is 0 Å². The number of phenolic OH excluding ortho intramolecular Hbond substituents is 2. The summed E-state index contributed by atoms with van der Waals surface area (Å²) in [6.45, 7) is 0. The number of hydrogen-bond acceptors (Lipinski definition) is 2. The molecule has 36 heavy (non-hydrogen) atoms. The molecule has 0 aromatic heterocycles. The van der Waals surface area contributed by atoms with Crippen molar-refractivity contribution >= 4 is 86.2 Å². The first-order valence-electron chi connectivity index (χ1n) is 12.2. The van der Waals surface area contributed by atoms with Gasteiger partial charge in [0.05, 0.1) is 0 Å². The Morgan fingerprint density at radius 3 is 0.861 bits per heavy atom. The lowest BCUT2D eigenvalue weighted by Gasteiger charge is -2.20. The minimum Gasteiger partial charge on any atom is -0.507 e. The number of rotatable bonds is 0. The van der Waals surface area contributed by atoms with Gasteiger partial charge in [0.25, 0.3) is 0 Å². The van der Waals surface area contributed by atoms with E-state index < -0.39 is 0 Å². The van der Waals surface area contributed by atoms with E-state index in [4.69, 9.17) is 0 Å². The molecule has 2 heteroatoms. The number of phenols is 2. The van der Waals surface area contributed by atoms with E-state index in [1.54, 1.807) is 0 Å². The molecule has 0 spiro atoms. The van der Waals surface area contributed by atoms with Gasteiger partial charge in [0.15, 0.2) is 0 Å². The zero-order valence-electron chi connectivity index (χ0n) is 19.1. The molecule has 0 fully saturated rings. The molecule has 0 unspecified atom stereocenters. The summed E-state index contributed by atoms with van der Waals surface area (Å²) in [4.78, 5) is 0. The van der Waals surface area contributed by atoms with E-state index in [-0.39, 0.29) is 0 Å². The molecule has 0 aliphatic carbocycles. The van der Waals surface area contributed by atoms with E-state index in [9.17, 15) is 10.2 Å². The molecule has 9 rings (SSSR count). The van der Waals surface area contributed by atoms with Gasteiger partial charge in [0, 0.05) is 32.3 Å². The van der Waals surface area contributed by atoms with Crippen LogP contribution in [0.3, 0.4) is 0 Å². The van der Waals surface area contributed by atoms with Gasteiger partial charge in [-0.3, -0.25) is 0 Å². The predicted molar refractivity (Wildman–Crippen MR) is 152 cm³/mol. The van der Waals surface area contributed by atoms with E-state index in [1.807, 2.05) is 36.4 Å². The van der Waals surface area contributed by atoms with Gasteiger partial charge in [-0.05, 0) is 66.0 Å². The molecule has 9 aromatic rings. The molecular weight excluding hydrogens is 440 g/mol. The van der Waals surface area contributed by atoms with Gasteiger partial charge >= 0.3 is 0 Å². The van der Waals surface area contributed by atoms with Crippen molar-refractivity contribution in [3.63, 3.8) is 0 Å². The minimum absolute atomic E-state index is 0.342. The molecule has 0 aliphatic heterocycles. The number of aromatic hydroxyl groups is 2. The zero-order valence-corrected chi connectivity index (χ0v) is 19.1. The summed E-state index contributed by atoms with van der Waals surface area (Å²) >= 11 is 0. The smallest absolute Gasteiger partial charge is 0.131 e. The third-order valence-electron chi connectivity index (χ3n) is 8.36. The van der Waals surface area contributed by atoms with Crippen molar-refractivity contribution < 1.29 is 10.2 Å². The molecule has 0 bridgehead atoms. The average molecular weight is 459 g/mol. The van der Waals surface area contributed by atoms with Gasteiger partial charge in [-0.15, -0.1) is 0 Å². The van der Waals surface area contributed by atoms with Crippen molar-refractivity contribution in [3.8, 4) is 11.5 Å². The van der Waals surface area contributed by atoms with Crippen LogP contribution in [0.2, 0.25) is 0 Å². The van der Waals surface area contributed by atoms with Crippen LogP contribution in [-0.4, -0.2) is 10.2 Å². The lowest BCUT2D eigenvalue weighted by Crippen LogP contribution is -1.92. The summed E-state index contributed by atoms with van der Waals surface area (Å²) < 4.78 is 0. The van der Waals surface area contributed by atoms with Gasteiger partial charge < -0.3 is 10.2 Å². The third kappa shape index (κ3) is 1.94. The van der Waals surface area contributed by atoms with Crippen molar-refractivity contribution in [2.75, 3.05) is 0 Å². The minimum atomic E-state index is 0.342. The second-order valence-electron chi connectivity index (χ2n) is 9.93. The molecule has 0 saturated heterocycles. The van der Waals surface area contributed by atoms with Gasteiger partial charge in [-0.2, -0.15) is 0 Å². The van der Waals surface area contributed by atoms with Crippen LogP contribution in [-0.2, 0) is 0 Å². The Labute approximate surface area is 204 Å². The highest BCUT2D eigenvalue weighted by Gasteiger charge is 2.21. The number of benzene rings is 9. The summed E-state index contributed by atoms with van der Waals surface area (Å²) in [5.41, 5.74) is 0. The maximum atomic E-state index is 11.3.